The Labute approximate surface area is 108 Å². The highest BCUT2D eigenvalue weighted by Crippen LogP contribution is 2.31. The van der Waals surface area contributed by atoms with Gasteiger partial charge in [-0.3, -0.25) is 4.90 Å². The minimum Gasteiger partial charge on any atom is -0.398 e. The van der Waals surface area contributed by atoms with Crippen LogP contribution in [0.4, 0.5) is 5.69 Å². The van der Waals surface area contributed by atoms with Crippen molar-refractivity contribution >= 4 is 17.3 Å². The molecule has 0 saturated carbocycles. The fraction of sp³-hybridized carbons (Fsp3) is 0.538. The van der Waals surface area contributed by atoms with E-state index in [1.807, 2.05) is 18.2 Å². The first-order chi connectivity index (χ1) is 8.22. The maximum Gasteiger partial charge on any atom is 0.0410 e. The molecule has 1 saturated heterocycles. The number of benzene rings is 1. The van der Waals surface area contributed by atoms with Gasteiger partial charge in [-0.05, 0) is 30.2 Å². The van der Waals surface area contributed by atoms with Gasteiger partial charge in [0.15, 0.2) is 0 Å². The van der Waals surface area contributed by atoms with Gasteiger partial charge >= 0.3 is 0 Å². The number of hydrogen-bond donors (Lipinski definition) is 2. The molecule has 0 aliphatic carbocycles. The van der Waals surface area contributed by atoms with Gasteiger partial charge in [0.25, 0.3) is 0 Å². The lowest BCUT2D eigenvalue weighted by atomic mass is 10.00. The average molecular weight is 254 g/mol. The molecule has 1 heterocycles. The Balaban J connectivity index is 2.24. The van der Waals surface area contributed by atoms with Gasteiger partial charge in [-0.25, -0.2) is 0 Å². The van der Waals surface area contributed by atoms with Crippen molar-refractivity contribution in [2.24, 2.45) is 0 Å². The number of hydrogen-bond acceptors (Lipinski definition) is 3. The second kappa shape index (κ2) is 5.71. The standard InChI is InChI=1S/C13H20ClN3/c1-2-13(17-7-5-16-6-8-17)11-9-10(14)3-4-12(11)15/h3-4,9,13,16H,2,5-8,15H2,1H3/t13-/m0/s1. The first-order valence-corrected chi connectivity index (χ1v) is 6.60. The lowest BCUT2D eigenvalue weighted by Crippen LogP contribution is -2.45. The summed E-state index contributed by atoms with van der Waals surface area (Å²) in [7, 11) is 0. The van der Waals surface area contributed by atoms with E-state index in [4.69, 9.17) is 17.3 Å². The van der Waals surface area contributed by atoms with E-state index in [1.54, 1.807) is 0 Å². The number of piperazine rings is 1. The molecule has 3 nitrogen and oxygen atoms in total. The summed E-state index contributed by atoms with van der Waals surface area (Å²) in [6.07, 6.45) is 1.06. The smallest absolute Gasteiger partial charge is 0.0410 e. The van der Waals surface area contributed by atoms with Gasteiger partial charge in [0.05, 0.1) is 0 Å². The number of rotatable bonds is 3. The van der Waals surface area contributed by atoms with Crippen LogP contribution in [0.3, 0.4) is 0 Å². The quantitative estimate of drug-likeness (QED) is 0.812. The van der Waals surface area contributed by atoms with Crippen molar-refractivity contribution in [1.29, 1.82) is 0 Å². The summed E-state index contributed by atoms with van der Waals surface area (Å²) in [4.78, 5) is 2.48. The zero-order chi connectivity index (χ0) is 12.3. The van der Waals surface area contributed by atoms with E-state index in [1.165, 1.54) is 5.56 Å². The molecular formula is C13H20ClN3. The Kier molecular flexibility index (Phi) is 4.26. The van der Waals surface area contributed by atoms with Crippen molar-refractivity contribution in [2.75, 3.05) is 31.9 Å². The van der Waals surface area contributed by atoms with Gasteiger partial charge in [-0.15, -0.1) is 0 Å². The molecule has 0 bridgehead atoms. The lowest BCUT2D eigenvalue weighted by molar-refractivity contribution is 0.170. The number of nitrogens with one attached hydrogen (secondary N) is 1. The third-order valence-electron chi connectivity index (χ3n) is 3.39. The topological polar surface area (TPSA) is 41.3 Å². The predicted octanol–water partition coefficient (Wildman–Crippen LogP) is 2.28. The number of nitrogen functional groups attached to an aromatic ring is 1. The summed E-state index contributed by atoms with van der Waals surface area (Å²) in [6, 6.07) is 6.15. The average Bonchev–Trinajstić information content (AvgIpc) is 2.36. The maximum atomic E-state index is 6.07. The second-order valence-corrected chi connectivity index (χ2v) is 4.92. The maximum absolute atomic E-state index is 6.07. The summed E-state index contributed by atoms with van der Waals surface area (Å²) in [6.45, 7) is 6.45. The monoisotopic (exact) mass is 253 g/mol. The first-order valence-electron chi connectivity index (χ1n) is 6.22. The van der Waals surface area contributed by atoms with Gasteiger partial charge in [0, 0.05) is 42.9 Å². The van der Waals surface area contributed by atoms with E-state index in [2.05, 4.69) is 17.1 Å². The van der Waals surface area contributed by atoms with Crippen molar-refractivity contribution in [1.82, 2.24) is 10.2 Å². The summed E-state index contributed by atoms with van der Waals surface area (Å²) in [5.74, 6) is 0. The molecule has 0 amide bonds. The molecule has 1 fully saturated rings. The number of halogens is 1. The van der Waals surface area contributed by atoms with E-state index in [9.17, 15) is 0 Å². The molecule has 94 valence electrons. The number of anilines is 1. The predicted molar refractivity (Wildman–Crippen MR) is 73.3 cm³/mol. The van der Waals surface area contributed by atoms with Gasteiger partial charge in [-0.2, -0.15) is 0 Å². The Morgan fingerprint density at radius 1 is 1.41 bits per heavy atom. The van der Waals surface area contributed by atoms with E-state index in [0.29, 0.717) is 6.04 Å². The van der Waals surface area contributed by atoms with Crippen LogP contribution in [0.1, 0.15) is 24.9 Å². The largest absolute Gasteiger partial charge is 0.398 e. The van der Waals surface area contributed by atoms with Crippen LogP contribution in [0.25, 0.3) is 0 Å². The van der Waals surface area contributed by atoms with Crippen LogP contribution in [0.5, 0.6) is 0 Å². The Hall–Kier alpha value is -0.770. The fourth-order valence-electron chi connectivity index (χ4n) is 2.50. The van der Waals surface area contributed by atoms with Gasteiger partial charge < -0.3 is 11.1 Å². The van der Waals surface area contributed by atoms with Crippen LogP contribution in [0.2, 0.25) is 5.02 Å². The van der Waals surface area contributed by atoms with E-state index in [0.717, 1.165) is 43.3 Å². The van der Waals surface area contributed by atoms with Crippen molar-refractivity contribution < 1.29 is 0 Å². The lowest BCUT2D eigenvalue weighted by Gasteiger charge is -2.35. The minimum atomic E-state index is 0.385. The third-order valence-corrected chi connectivity index (χ3v) is 3.62. The van der Waals surface area contributed by atoms with Crippen LogP contribution < -0.4 is 11.1 Å². The van der Waals surface area contributed by atoms with E-state index >= 15 is 0 Å². The molecule has 1 aliphatic rings. The van der Waals surface area contributed by atoms with E-state index < -0.39 is 0 Å². The molecule has 1 aromatic carbocycles. The normalized spacial score (nSPS) is 19.2. The summed E-state index contributed by atoms with van der Waals surface area (Å²) < 4.78 is 0. The number of nitrogens with two attached hydrogens (primary N) is 1. The molecule has 0 aromatic heterocycles. The molecule has 0 spiro atoms. The molecule has 1 atom stereocenters. The second-order valence-electron chi connectivity index (χ2n) is 4.48. The Morgan fingerprint density at radius 3 is 2.76 bits per heavy atom. The molecule has 0 radical (unpaired) electrons. The first kappa shape index (κ1) is 12.7. The minimum absolute atomic E-state index is 0.385. The number of nitrogens with zero attached hydrogens (tertiary/aromatic N) is 1. The van der Waals surface area contributed by atoms with Crippen molar-refractivity contribution in [3.8, 4) is 0 Å². The molecule has 1 aliphatic heterocycles. The fourth-order valence-corrected chi connectivity index (χ4v) is 2.68. The Bertz CT molecular complexity index is 375. The van der Waals surface area contributed by atoms with Crippen LogP contribution in [0.15, 0.2) is 18.2 Å². The zero-order valence-corrected chi connectivity index (χ0v) is 11.0. The highest BCUT2D eigenvalue weighted by Gasteiger charge is 2.22. The SMILES string of the molecule is CC[C@@H](c1cc(Cl)ccc1N)N1CCNCC1. The van der Waals surface area contributed by atoms with Crippen LogP contribution in [0, 0.1) is 0 Å². The van der Waals surface area contributed by atoms with Gasteiger partial charge in [-0.1, -0.05) is 18.5 Å². The van der Waals surface area contributed by atoms with Crippen LogP contribution >= 0.6 is 11.6 Å². The van der Waals surface area contributed by atoms with Crippen LogP contribution in [-0.4, -0.2) is 31.1 Å². The Morgan fingerprint density at radius 2 is 2.12 bits per heavy atom. The highest BCUT2D eigenvalue weighted by atomic mass is 35.5. The summed E-state index contributed by atoms with van der Waals surface area (Å²) in [5, 5.41) is 4.14. The highest BCUT2D eigenvalue weighted by molar-refractivity contribution is 6.30. The summed E-state index contributed by atoms with van der Waals surface area (Å²) >= 11 is 6.07. The van der Waals surface area contributed by atoms with Crippen molar-refractivity contribution in [3.05, 3.63) is 28.8 Å². The molecular weight excluding hydrogens is 234 g/mol. The van der Waals surface area contributed by atoms with Crippen molar-refractivity contribution in [2.45, 2.75) is 19.4 Å². The van der Waals surface area contributed by atoms with Gasteiger partial charge in [0.1, 0.15) is 0 Å². The zero-order valence-electron chi connectivity index (χ0n) is 10.2. The summed E-state index contributed by atoms with van der Waals surface area (Å²) in [5.41, 5.74) is 8.09. The molecule has 0 unspecified atom stereocenters. The molecule has 4 heteroatoms. The third kappa shape index (κ3) is 2.92. The molecule has 3 N–H and O–H groups in total. The van der Waals surface area contributed by atoms with Crippen LogP contribution in [-0.2, 0) is 0 Å². The van der Waals surface area contributed by atoms with E-state index in [-0.39, 0.29) is 0 Å². The molecule has 2 rings (SSSR count). The molecule has 17 heavy (non-hydrogen) atoms. The van der Waals surface area contributed by atoms with Crippen molar-refractivity contribution in [3.63, 3.8) is 0 Å². The molecule has 1 aromatic rings. The van der Waals surface area contributed by atoms with Gasteiger partial charge in [0.2, 0.25) is 0 Å².